The lowest BCUT2D eigenvalue weighted by atomic mass is 10.2. The predicted molar refractivity (Wildman–Crippen MR) is 148 cm³/mol. The van der Waals surface area contributed by atoms with Crippen LogP contribution in [0.4, 0.5) is 0 Å². The fourth-order valence-electron chi connectivity index (χ4n) is 3.76. The molecule has 0 aliphatic heterocycles. The second kappa shape index (κ2) is 10.1. The largest absolute Gasteiger partial charge is 0.493 e. The monoisotopic (exact) mass is 609 g/mol. The molecule has 9 nitrogen and oxygen atoms in total. The molecule has 1 atom stereocenters. The molecule has 0 saturated carbocycles. The fraction of sp³-hybridized carbons (Fsp3) is 0.111. The summed E-state index contributed by atoms with van der Waals surface area (Å²) >= 11 is 2.03. The van der Waals surface area contributed by atoms with Gasteiger partial charge < -0.3 is 19.0 Å². The van der Waals surface area contributed by atoms with Gasteiger partial charge in [0, 0.05) is 5.39 Å². The molecule has 3 aromatic carbocycles. The number of carboxylic acid groups (broad SMARTS) is 1. The van der Waals surface area contributed by atoms with Crippen LogP contribution >= 0.6 is 22.6 Å². The molecule has 0 saturated heterocycles. The second-order valence-corrected chi connectivity index (χ2v) is 9.26. The summed E-state index contributed by atoms with van der Waals surface area (Å²) in [7, 11) is 1.46. The maximum Gasteiger partial charge on any atom is 0.344 e. The number of benzene rings is 3. The molecule has 2 aromatic heterocycles. The van der Waals surface area contributed by atoms with Crippen LogP contribution in [0, 0.1) is 3.57 Å². The minimum Gasteiger partial charge on any atom is -0.493 e. The van der Waals surface area contributed by atoms with E-state index in [0.717, 1.165) is 5.39 Å². The van der Waals surface area contributed by atoms with Crippen LogP contribution in [-0.2, 0) is 4.79 Å². The summed E-state index contributed by atoms with van der Waals surface area (Å²) in [4.78, 5) is 29.4. The molecule has 2 heterocycles. The summed E-state index contributed by atoms with van der Waals surface area (Å²) in [5.74, 6) is 0.211. The zero-order chi connectivity index (χ0) is 26.1. The molecule has 0 unspecified atom stereocenters. The van der Waals surface area contributed by atoms with Crippen molar-refractivity contribution in [3.63, 3.8) is 0 Å². The standard InChI is InChI=1S/C27H20IN3O6/c1-15(27(33)34)36-24-19(28)11-16(12-22(24)35-2)14-29-31-25(23-13-17-7-3-6-10-21(17)37-23)30-20-9-5-4-8-18(20)26(31)32/h3-15H,1-2H3,(H,33,34)/t15-/m1/s1. The van der Waals surface area contributed by atoms with Gasteiger partial charge in [0.15, 0.2) is 23.4 Å². The zero-order valence-electron chi connectivity index (χ0n) is 19.7. The van der Waals surface area contributed by atoms with Crippen molar-refractivity contribution >= 4 is 56.6 Å². The number of nitrogens with zero attached hydrogens (tertiary/aromatic N) is 3. The predicted octanol–water partition coefficient (Wildman–Crippen LogP) is 5.16. The van der Waals surface area contributed by atoms with E-state index in [-0.39, 0.29) is 11.4 Å². The number of furan rings is 1. The topological polar surface area (TPSA) is 116 Å². The third-order valence-corrected chi connectivity index (χ3v) is 6.42. The number of hydrogen-bond donors (Lipinski definition) is 1. The molecule has 0 bridgehead atoms. The van der Waals surface area contributed by atoms with E-state index in [9.17, 15) is 14.7 Å². The molecule has 0 spiro atoms. The number of hydrogen-bond acceptors (Lipinski definition) is 7. The minimum absolute atomic E-state index is 0.257. The van der Waals surface area contributed by atoms with Gasteiger partial charge in [-0.3, -0.25) is 4.79 Å². The van der Waals surface area contributed by atoms with Gasteiger partial charge in [-0.25, -0.2) is 9.78 Å². The lowest BCUT2D eigenvalue weighted by molar-refractivity contribution is -0.144. The first-order valence-electron chi connectivity index (χ1n) is 11.2. The molecule has 0 aliphatic rings. The van der Waals surface area contributed by atoms with E-state index in [1.165, 1.54) is 24.9 Å². The Balaban J connectivity index is 1.62. The third kappa shape index (κ3) is 4.79. The number of aromatic nitrogens is 2. The number of carbonyl (C=O) groups is 1. The highest BCUT2D eigenvalue weighted by Gasteiger charge is 2.19. The van der Waals surface area contributed by atoms with Crippen LogP contribution in [0.15, 0.2) is 81.0 Å². The minimum atomic E-state index is -1.09. The Hall–Kier alpha value is -4.19. The first-order valence-corrected chi connectivity index (χ1v) is 12.3. The highest BCUT2D eigenvalue weighted by molar-refractivity contribution is 14.1. The Morgan fingerprint density at radius 1 is 1.16 bits per heavy atom. The number of ether oxygens (including phenoxy) is 2. The first kappa shape index (κ1) is 24.5. The molecule has 186 valence electrons. The van der Waals surface area contributed by atoms with Crippen LogP contribution in [0.1, 0.15) is 12.5 Å². The molecule has 0 amide bonds. The number of methoxy groups -OCH3 is 1. The summed E-state index contributed by atoms with van der Waals surface area (Å²) in [6.07, 6.45) is 0.439. The van der Waals surface area contributed by atoms with Gasteiger partial charge in [-0.2, -0.15) is 9.78 Å². The SMILES string of the molecule is COc1cc(C=Nn2c(-c3cc4ccccc4o3)nc3ccccc3c2=O)cc(I)c1O[C@H](C)C(=O)O. The van der Waals surface area contributed by atoms with E-state index in [4.69, 9.17) is 13.9 Å². The van der Waals surface area contributed by atoms with Crippen molar-refractivity contribution in [3.05, 3.63) is 86.2 Å². The average molecular weight is 609 g/mol. The number of aliphatic carboxylic acids is 1. The maximum atomic E-state index is 13.5. The lowest BCUT2D eigenvalue weighted by Crippen LogP contribution is -2.23. The molecule has 37 heavy (non-hydrogen) atoms. The van der Waals surface area contributed by atoms with Gasteiger partial charge in [0.1, 0.15) is 5.58 Å². The fourth-order valence-corrected chi connectivity index (χ4v) is 4.52. The van der Waals surface area contributed by atoms with E-state index < -0.39 is 12.1 Å². The molecule has 0 radical (unpaired) electrons. The van der Waals surface area contributed by atoms with Crippen molar-refractivity contribution in [3.8, 4) is 23.1 Å². The Labute approximate surface area is 224 Å². The second-order valence-electron chi connectivity index (χ2n) is 8.09. The van der Waals surface area contributed by atoms with Crippen LogP contribution < -0.4 is 15.0 Å². The zero-order valence-corrected chi connectivity index (χ0v) is 21.9. The van der Waals surface area contributed by atoms with E-state index >= 15 is 0 Å². The number of carboxylic acids is 1. The maximum absolute atomic E-state index is 13.5. The highest BCUT2D eigenvalue weighted by atomic mass is 127. The number of fused-ring (bicyclic) bond motifs is 2. The summed E-state index contributed by atoms with van der Waals surface area (Å²) in [6, 6.07) is 19.8. The molecular formula is C27H20IN3O6. The molecule has 1 N–H and O–H groups in total. The summed E-state index contributed by atoms with van der Waals surface area (Å²) in [5, 5.41) is 15.0. The van der Waals surface area contributed by atoms with Crippen molar-refractivity contribution in [2.45, 2.75) is 13.0 Å². The van der Waals surface area contributed by atoms with E-state index in [1.807, 2.05) is 59.0 Å². The van der Waals surface area contributed by atoms with Crippen LogP contribution in [0.2, 0.25) is 0 Å². The van der Waals surface area contributed by atoms with Gasteiger partial charge >= 0.3 is 5.97 Å². The van der Waals surface area contributed by atoms with Gasteiger partial charge in [0.05, 0.1) is 27.8 Å². The molecule has 5 aromatic rings. The smallest absolute Gasteiger partial charge is 0.344 e. The Bertz CT molecular complexity index is 1710. The average Bonchev–Trinajstić information content (AvgIpc) is 3.33. The summed E-state index contributed by atoms with van der Waals surface area (Å²) in [6.45, 7) is 1.44. The van der Waals surface area contributed by atoms with Crippen LogP contribution in [-0.4, -0.2) is 40.2 Å². The van der Waals surface area contributed by atoms with Crippen molar-refractivity contribution < 1.29 is 23.8 Å². The quantitative estimate of drug-likeness (QED) is 0.200. The van der Waals surface area contributed by atoms with Crippen molar-refractivity contribution in [1.29, 1.82) is 0 Å². The van der Waals surface area contributed by atoms with E-state index in [2.05, 4.69) is 10.1 Å². The first-order chi connectivity index (χ1) is 17.9. The molecule has 0 fully saturated rings. The summed E-state index contributed by atoms with van der Waals surface area (Å²) in [5.41, 5.74) is 1.45. The Morgan fingerprint density at radius 2 is 1.92 bits per heavy atom. The van der Waals surface area contributed by atoms with Crippen LogP contribution in [0.3, 0.4) is 0 Å². The normalized spacial score (nSPS) is 12.3. The molecular weight excluding hydrogens is 589 g/mol. The summed E-state index contributed by atoms with van der Waals surface area (Å²) < 4.78 is 18.8. The lowest BCUT2D eigenvalue weighted by Gasteiger charge is -2.16. The molecule has 5 rings (SSSR count). The number of para-hydroxylation sites is 2. The Morgan fingerprint density at radius 3 is 2.68 bits per heavy atom. The number of rotatable bonds is 7. The van der Waals surface area contributed by atoms with Crippen molar-refractivity contribution in [2.75, 3.05) is 7.11 Å². The highest BCUT2D eigenvalue weighted by Crippen LogP contribution is 2.34. The van der Waals surface area contributed by atoms with Gasteiger partial charge in [0.2, 0.25) is 5.82 Å². The molecule has 0 aliphatic carbocycles. The van der Waals surface area contributed by atoms with Gasteiger partial charge in [-0.05, 0) is 71.5 Å². The van der Waals surface area contributed by atoms with Gasteiger partial charge in [0.25, 0.3) is 5.56 Å². The van der Waals surface area contributed by atoms with Crippen LogP contribution in [0.25, 0.3) is 33.5 Å². The Kier molecular flexibility index (Phi) is 6.66. The number of halogens is 1. The molecule has 10 heteroatoms. The van der Waals surface area contributed by atoms with Gasteiger partial charge in [-0.1, -0.05) is 30.3 Å². The van der Waals surface area contributed by atoms with E-state index in [0.29, 0.717) is 42.9 Å². The van der Waals surface area contributed by atoms with Crippen LogP contribution in [0.5, 0.6) is 11.5 Å². The van der Waals surface area contributed by atoms with Gasteiger partial charge in [-0.15, -0.1) is 0 Å². The van der Waals surface area contributed by atoms with E-state index in [1.54, 1.807) is 30.3 Å². The van der Waals surface area contributed by atoms with Crippen molar-refractivity contribution in [1.82, 2.24) is 9.66 Å². The third-order valence-electron chi connectivity index (χ3n) is 5.62. The van der Waals surface area contributed by atoms with Crippen molar-refractivity contribution in [2.24, 2.45) is 5.10 Å².